The summed E-state index contributed by atoms with van der Waals surface area (Å²) < 4.78 is 18.7. The molecule has 1 aliphatic rings. The molecule has 2 heterocycles. The summed E-state index contributed by atoms with van der Waals surface area (Å²) in [5, 5.41) is 14.8. The van der Waals surface area contributed by atoms with Gasteiger partial charge in [-0.3, -0.25) is 0 Å². The summed E-state index contributed by atoms with van der Waals surface area (Å²) in [6.45, 7) is 6.54. The second kappa shape index (κ2) is 7.95. The van der Waals surface area contributed by atoms with Crippen molar-refractivity contribution in [3.8, 4) is 11.5 Å². The standard InChI is InChI=1S/C17H20BrN5O4/c1-5-26-12-8-10(7-11(18)15(12)27-6-2)14-13(16(24)25-4)9(3)19-17-20-21-22-23(14)17/h7-8,14H,5-6H2,1-4H3,(H,19,20,22)/t14-/m0/s1. The second-order valence-corrected chi connectivity index (χ2v) is 6.56. The third-order valence-corrected chi connectivity index (χ3v) is 4.64. The number of anilines is 1. The molecule has 1 aromatic heterocycles. The van der Waals surface area contributed by atoms with E-state index in [0.29, 0.717) is 46.4 Å². The minimum Gasteiger partial charge on any atom is -0.490 e. The van der Waals surface area contributed by atoms with Crippen LogP contribution >= 0.6 is 15.9 Å². The highest BCUT2D eigenvalue weighted by atomic mass is 79.9. The number of benzene rings is 1. The molecule has 3 rings (SSSR count). The lowest BCUT2D eigenvalue weighted by Crippen LogP contribution is -2.29. The zero-order valence-electron chi connectivity index (χ0n) is 15.4. The summed E-state index contributed by atoms with van der Waals surface area (Å²) in [5.74, 6) is 1.15. The molecule has 0 amide bonds. The summed E-state index contributed by atoms with van der Waals surface area (Å²) in [6, 6.07) is 3.12. The van der Waals surface area contributed by atoms with E-state index in [0.717, 1.165) is 5.56 Å². The van der Waals surface area contributed by atoms with Crippen LogP contribution in [0.15, 0.2) is 27.9 Å². The van der Waals surface area contributed by atoms with Crippen LogP contribution in [0.5, 0.6) is 11.5 Å². The first-order valence-corrected chi connectivity index (χ1v) is 9.24. The molecule has 1 aromatic carbocycles. The maximum absolute atomic E-state index is 12.5. The Morgan fingerprint density at radius 1 is 1.30 bits per heavy atom. The second-order valence-electron chi connectivity index (χ2n) is 5.70. The first-order valence-electron chi connectivity index (χ1n) is 8.44. The predicted octanol–water partition coefficient (Wildman–Crippen LogP) is 2.69. The molecule has 1 aliphatic heterocycles. The van der Waals surface area contributed by atoms with Gasteiger partial charge < -0.3 is 19.5 Å². The van der Waals surface area contributed by atoms with Crippen LogP contribution in [0.3, 0.4) is 0 Å². The smallest absolute Gasteiger partial charge is 0.338 e. The van der Waals surface area contributed by atoms with Crippen LogP contribution in [0, 0.1) is 0 Å². The fourth-order valence-corrected chi connectivity index (χ4v) is 3.56. The van der Waals surface area contributed by atoms with E-state index in [1.807, 2.05) is 26.0 Å². The van der Waals surface area contributed by atoms with Crippen LogP contribution in [0.2, 0.25) is 0 Å². The Morgan fingerprint density at radius 3 is 2.70 bits per heavy atom. The van der Waals surface area contributed by atoms with Gasteiger partial charge in [-0.1, -0.05) is 5.10 Å². The van der Waals surface area contributed by atoms with Gasteiger partial charge in [-0.15, -0.1) is 0 Å². The number of aromatic nitrogens is 4. The third kappa shape index (κ3) is 3.48. The monoisotopic (exact) mass is 437 g/mol. The molecule has 0 aliphatic carbocycles. The Morgan fingerprint density at radius 2 is 2.04 bits per heavy atom. The van der Waals surface area contributed by atoms with Crippen LogP contribution < -0.4 is 14.8 Å². The molecule has 1 N–H and O–H groups in total. The van der Waals surface area contributed by atoms with E-state index in [1.54, 1.807) is 6.92 Å². The summed E-state index contributed by atoms with van der Waals surface area (Å²) in [7, 11) is 1.34. The predicted molar refractivity (Wildman–Crippen MR) is 101 cm³/mol. The number of nitrogens with one attached hydrogen (secondary N) is 1. The number of halogens is 1. The van der Waals surface area contributed by atoms with Gasteiger partial charge in [0.25, 0.3) is 0 Å². The molecule has 0 radical (unpaired) electrons. The number of rotatable bonds is 6. The van der Waals surface area contributed by atoms with Crippen molar-refractivity contribution in [1.82, 2.24) is 20.2 Å². The Bertz CT molecular complexity index is 895. The zero-order valence-corrected chi connectivity index (χ0v) is 17.0. The number of carbonyl (C=O) groups is 1. The number of allylic oxidation sites excluding steroid dienone is 1. The molecule has 0 saturated heterocycles. The number of fused-ring (bicyclic) bond motifs is 1. The normalized spacial score (nSPS) is 15.8. The Balaban J connectivity index is 2.19. The Hall–Kier alpha value is -2.62. The van der Waals surface area contributed by atoms with Crippen LogP contribution in [0.4, 0.5) is 5.95 Å². The van der Waals surface area contributed by atoms with Gasteiger partial charge in [0.15, 0.2) is 11.5 Å². The Kier molecular flexibility index (Phi) is 5.64. The topological polar surface area (TPSA) is 100 Å². The van der Waals surface area contributed by atoms with Crippen molar-refractivity contribution in [2.45, 2.75) is 26.8 Å². The first kappa shape index (κ1) is 19.2. The van der Waals surface area contributed by atoms with Crippen molar-refractivity contribution in [2.24, 2.45) is 0 Å². The molecule has 0 unspecified atom stereocenters. The van der Waals surface area contributed by atoms with Crippen molar-refractivity contribution in [1.29, 1.82) is 0 Å². The van der Waals surface area contributed by atoms with Crippen molar-refractivity contribution in [2.75, 3.05) is 25.6 Å². The fraction of sp³-hybridized carbons (Fsp3) is 0.412. The maximum atomic E-state index is 12.5. The summed E-state index contributed by atoms with van der Waals surface area (Å²) in [4.78, 5) is 12.5. The molecular formula is C17H20BrN5O4. The van der Waals surface area contributed by atoms with Crippen molar-refractivity contribution in [3.05, 3.63) is 33.4 Å². The largest absolute Gasteiger partial charge is 0.490 e. The van der Waals surface area contributed by atoms with Gasteiger partial charge in [0, 0.05) is 5.70 Å². The third-order valence-electron chi connectivity index (χ3n) is 4.06. The number of carbonyl (C=O) groups excluding carboxylic acids is 1. The van der Waals surface area contributed by atoms with Crippen molar-refractivity contribution >= 4 is 27.8 Å². The lowest BCUT2D eigenvalue weighted by atomic mass is 9.95. The van der Waals surface area contributed by atoms with Crippen LogP contribution in [0.25, 0.3) is 0 Å². The molecule has 2 aromatic rings. The molecular weight excluding hydrogens is 418 g/mol. The van der Waals surface area contributed by atoms with Crippen LogP contribution in [-0.4, -0.2) is 46.5 Å². The highest BCUT2D eigenvalue weighted by Gasteiger charge is 2.35. The first-order chi connectivity index (χ1) is 13.0. The summed E-state index contributed by atoms with van der Waals surface area (Å²) in [5.41, 5.74) is 1.79. The van der Waals surface area contributed by atoms with Gasteiger partial charge >= 0.3 is 5.97 Å². The molecule has 0 spiro atoms. The molecule has 1 atom stereocenters. The summed E-state index contributed by atoms with van der Waals surface area (Å²) in [6.07, 6.45) is 0. The van der Waals surface area contributed by atoms with E-state index in [1.165, 1.54) is 11.8 Å². The fourth-order valence-electron chi connectivity index (χ4n) is 2.99. The number of hydrogen-bond acceptors (Lipinski definition) is 8. The van der Waals surface area contributed by atoms with E-state index in [4.69, 9.17) is 14.2 Å². The maximum Gasteiger partial charge on any atom is 0.338 e. The van der Waals surface area contributed by atoms with Gasteiger partial charge in [-0.2, -0.15) is 4.68 Å². The molecule has 0 saturated carbocycles. The highest BCUT2D eigenvalue weighted by Crippen LogP contribution is 2.42. The van der Waals surface area contributed by atoms with E-state index in [9.17, 15) is 4.79 Å². The van der Waals surface area contributed by atoms with Gasteiger partial charge in [0.1, 0.15) is 6.04 Å². The quantitative estimate of drug-likeness (QED) is 0.688. The van der Waals surface area contributed by atoms with Crippen LogP contribution in [0.1, 0.15) is 32.4 Å². The highest BCUT2D eigenvalue weighted by molar-refractivity contribution is 9.10. The Labute approximate surface area is 164 Å². The van der Waals surface area contributed by atoms with E-state index in [2.05, 4.69) is 36.8 Å². The molecule has 9 nitrogen and oxygen atoms in total. The van der Waals surface area contributed by atoms with Crippen molar-refractivity contribution < 1.29 is 19.0 Å². The number of ether oxygens (including phenoxy) is 3. The van der Waals surface area contributed by atoms with Gasteiger partial charge in [0.2, 0.25) is 5.95 Å². The molecule has 27 heavy (non-hydrogen) atoms. The van der Waals surface area contributed by atoms with Gasteiger partial charge in [0.05, 0.1) is 30.4 Å². The lowest BCUT2D eigenvalue weighted by molar-refractivity contribution is -0.136. The van der Waals surface area contributed by atoms with E-state index < -0.39 is 12.0 Å². The van der Waals surface area contributed by atoms with Crippen molar-refractivity contribution in [3.63, 3.8) is 0 Å². The number of methoxy groups -OCH3 is 1. The van der Waals surface area contributed by atoms with Crippen LogP contribution in [-0.2, 0) is 9.53 Å². The van der Waals surface area contributed by atoms with Gasteiger partial charge in [-0.25, -0.2) is 4.79 Å². The molecule has 0 fully saturated rings. The zero-order chi connectivity index (χ0) is 19.6. The SMILES string of the molecule is CCOc1cc([C@H]2C(C(=O)OC)=C(C)Nc3nnnn32)cc(Br)c1OCC. The number of hydrogen-bond donors (Lipinski definition) is 1. The van der Waals surface area contributed by atoms with E-state index in [-0.39, 0.29) is 0 Å². The number of esters is 1. The average molecular weight is 438 g/mol. The lowest BCUT2D eigenvalue weighted by Gasteiger charge is -2.27. The summed E-state index contributed by atoms with van der Waals surface area (Å²) >= 11 is 3.54. The van der Waals surface area contributed by atoms with E-state index >= 15 is 0 Å². The van der Waals surface area contributed by atoms with Gasteiger partial charge in [-0.05, 0) is 64.8 Å². The minimum atomic E-state index is -0.574. The molecule has 144 valence electrons. The number of tetrazole rings is 1. The molecule has 0 bridgehead atoms. The molecule has 10 heteroatoms. The average Bonchev–Trinajstić information content (AvgIpc) is 3.10. The minimum absolute atomic E-state index is 0.413. The number of nitrogens with zero attached hydrogens (tertiary/aromatic N) is 4.